The summed E-state index contributed by atoms with van der Waals surface area (Å²) in [6, 6.07) is 0. The van der Waals surface area contributed by atoms with Gasteiger partial charge in [0, 0.05) is 19.7 Å². The summed E-state index contributed by atoms with van der Waals surface area (Å²) < 4.78 is 5.24. The summed E-state index contributed by atoms with van der Waals surface area (Å²) in [5, 5.41) is 18.6. The molecule has 0 aromatic rings. The monoisotopic (exact) mass is 201 g/mol. The minimum atomic E-state index is -0.805. The van der Waals surface area contributed by atoms with E-state index in [1.807, 2.05) is 0 Å². The van der Waals surface area contributed by atoms with E-state index in [0.29, 0.717) is 6.61 Å². The zero-order valence-electron chi connectivity index (χ0n) is 7.93. The fourth-order valence-electron chi connectivity index (χ4n) is 1.93. The molecular formula is C9H15NO4. The number of ether oxygens (including phenoxy) is 1. The molecule has 0 aromatic carbocycles. The maximum atomic E-state index is 11.7. The summed E-state index contributed by atoms with van der Waals surface area (Å²) in [7, 11) is 0. The van der Waals surface area contributed by atoms with Crippen LogP contribution in [0.1, 0.15) is 12.8 Å². The van der Waals surface area contributed by atoms with Crippen LogP contribution in [0.4, 0.5) is 0 Å². The molecule has 0 aliphatic carbocycles. The van der Waals surface area contributed by atoms with Crippen LogP contribution in [0.25, 0.3) is 0 Å². The molecule has 0 bridgehead atoms. The second-order valence-corrected chi connectivity index (χ2v) is 3.88. The van der Waals surface area contributed by atoms with E-state index in [9.17, 15) is 15.0 Å². The third kappa shape index (κ3) is 1.75. The van der Waals surface area contributed by atoms with E-state index in [4.69, 9.17) is 4.74 Å². The molecule has 5 heteroatoms. The molecule has 2 saturated heterocycles. The second kappa shape index (κ2) is 3.84. The Morgan fingerprint density at radius 1 is 1.29 bits per heavy atom. The molecular weight excluding hydrogens is 186 g/mol. The first-order valence-electron chi connectivity index (χ1n) is 4.95. The smallest absolute Gasteiger partial charge is 0.251 e. The Kier molecular flexibility index (Phi) is 2.71. The highest BCUT2D eigenvalue weighted by molar-refractivity contribution is 5.81. The van der Waals surface area contributed by atoms with E-state index in [2.05, 4.69) is 0 Å². The van der Waals surface area contributed by atoms with Crippen molar-refractivity contribution in [3.63, 3.8) is 0 Å². The van der Waals surface area contributed by atoms with Gasteiger partial charge in [-0.3, -0.25) is 4.79 Å². The lowest BCUT2D eigenvalue weighted by Gasteiger charge is -2.19. The third-order valence-corrected chi connectivity index (χ3v) is 2.78. The van der Waals surface area contributed by atoms with Crippen LogP contribution >= 0.6 is 0 Å². The van der Waals surface area contributed by atoms with Crippen molar-refractivity contribution < 1.29 is 19.7 Å². The minimum Gasteiger partial charge on any atom is -0.388 e. The number of carbonyl (C=O) groups is 1. The van der Waals surface area contributed by atoms with Gasteiger partial charge in [0.25, 0.3) is 5.91 Å². The average Bonchev–Trinajstić information content (AvgIpc) is 2.76. The van der Waals surface area contributed by atoms with Crippen molar-refractivity contribution in [1.82, 2.24) is 4.90 Å². The third-order valence-electron chi connectivity index (χ3n) is 2.78. The van der Waals surface area contributed by atoms with E-state index in [1.165, 1.54) is 4.90 Å². The Balaban J connectivity index is 1.92. The lowest BCUT2D eigenvalue weighted by molar-refractivity contribution is -0.140. The number of carbonyl (C=O) groups excluding carboxylic acids is 1. The van der Waals surface area contributed by atoms with Crippen molar-refractivity contribution in [1.29, 1.82) is 0 Å². The first-order valence-corrected chi connectivity index (χ1v) is 4.95. The van der Waals surface area contributed by atoms with Crippen molar-refractivity contribution in [3.8, 4) is 0 Å². The number of aliphatic hydroxyl groups excluding tert-OH is 2. The molecule has 3 atom stereocenters. The number of likely N-dealkylation sites (tertiary alicyclic amines) is 1. The quantitative estimate of drug-likeness (QED) is 0.555. The Bertz CT molecular complexity index is 217. The zero-order chi connectivity index (χ0) is 10.1. The molecule has 0 radical (unpaired) electrons. The van der Waals surface area contributed by atoms with Crippen molar-refractivity contribution in [2.24, 2.45) is 0 Å². The Hall–Kier alpha value is -0.650. The topological polar surface area (TPSA) is 70.0 Å². The van der Waals surface area contributed by atoms with Crippen LogP contribution in [0, 0.1) is 0 Å². The zero-order valence-corrected chi connectivity index (χ0v) is 7.93. The molecule has 0 saturated carbocycles. The van der Waals surface area contributed by atoms with Gasteiger partial charge in [0.1, 0.15) is 6.10 Å². The minimum absolute atomic E-state index is 0.0990. The normalized spacial score (nSPS) is 37.9. The largest absolute Gasteiger partial charge is 0.388 e. The summed E-state index contributed by atoms with van der Waals surface area (Å²) in [5.41, 5.74) is 0. The van der Waals surface area contributed by atoms with Crippen LogP contribution in [0.15, 0.2) is 0 Å². The molecule has 0 aromatic heterocycles. The Morgan fingerprint density at radius 3 is 2.43 bits per heavy atom. The lowest BCUT2D eigenvalue weighted by atomic mass is 10.2. The van der Waals surface area contributed by atoms with Crippen molar-refractivity contribution in [2.75, 3.05) is 19.7 Å². The van der Waals surface area contributed by atoms with E-state index >= 15 is 0 Å². The molecule has 2 rings (SSSR count). The number of β-amino-alcohol motifs (C(OH)–C–C–N with tert-alkyl or cyclic N) is 2. The summed E-state index contributed by atoms with van der Waals surface area (Å²) in [5.74, 6) is -0.0990. The molecule has 2 fully saturated rings. The summed E-state index contributed by atoms with van der Waals surface area (Å²) >= 11 is 0. The van der Waals surface area contributed by atoms with Crippen LogP contribution in [-0.4, -0.2) is 59.0 Å². The maximum absolute atomic E-state index is 11.7. The van der Waals surface area contributed by atoms with Gasteiger partial charge in [-0.15, -0.1) is 0 Å². The van der Waals surface area contributed by atoms with Gasteiger partial charge in [-0.1, -0.05) is 0 Å². The van der Waals surface area contributed by atoms with E-state index < -0.39 is 12.2 Å². The highest BCUT2D eigenvalue weighted by Crippen LogP contribution is 2.18. The van der Waals surface area contributed by atoms with Gasteiger partial charge in [0.05, 0.1) is 12.2 Å². The molecule has 2 N–H and O–H groups in total. The van der Waals surface area contributed by atoms with E-state index in [0.717, 1.165) is 12.8 Å². The van der Waals surface area contributed by atoms with Crippen LogP contribution in [0.2, 0.25) is 0 Å². The number of hydrogen-bond acceptors (Lipinski definition) is 4. The number of rotatable bonds is 1. The lowest BCUT2D eigenvalue weighted by Crippen LogP contribution is -2.38. The van der Waals surface area contributed by atoms with Crippen molar-refractivity contribution in [2.45, 2.75) is 31.2 Å². The average molecular weight is 201 g/mol. The highest BCUT2D eigenvalue weighted by atomic mass is 16.5. The van der Waals surface area contributed by atoms with Gasteiger partial charge >= 0.3 is 0 Å². The number of nitrogens with zero attached hydrogens (tertiary/aromatic N) is 1. The molecule has 2 aliphatic heterocycles. The Morgan fingerprint density at radius 2 is 1.93 bits per heavy atom. The van der Waals surface area contributed by atoms with Crippen LogP contribution < -0.4 is 0 Å². The maximum Gasteiger partial charge on any atom is 0.251 e. The molecule has 2 heterocycles. The van der Waals surface area contributed by atoms with Gasteiger partial charge in [-0.25, -0.2) is 0 Å². The summed E-state index contributed by atoms with van der Waals surface area (Å²) in [6.07, 6.45) is -0.301. The Labute approximate surface area is 82.3 Å². The van der Waals surface area contributed by atoms with Gasteiger partial charge in [0.15, 0.2) is 0 Å². The van der Waals surface area contributed by atoms with Crippen molar-refractivity contribution >= 4 is 5.91 Å². The number of amides is 1. The first-order chi connectivity index (χ1) is 6.68. The van der Waals surface area contributed by atoms with Gasteiger partial charge < -0.3 is 19.8 Å². The fourth-order valence-corrected chi connectivity index (χ4v) is 1.93. The highest BCUT2D eigenvalue weighted by Gasteiger charge is 2.36. The van der Waals surface area contributed by atoms with Gasteiger partial charge in [-0.2, -0.15) is 0 Å². The molecule has 0 spiro atoms. The molecule has 14 heavy (non-hydrogen) atoms. The molecule has 80 valence electrons. The molecule has 1 unspecified atom stereocenters. The second-order valence-electron chi connectivity index (χ2n) is 3.88. The van der Waals surface area contributed by atoms with E-state index in [1.54, 1.807) is 0 Å². The molecule has 5 nitrogen and oxygen atoms in total. The molecule has 2 aliphatic rings. The number of hydrogen-bond donors (Lipinski definition) is 2. The predicted molar refractivity (Wildman–Crippen MR) is 47.6 cm³/mol. The SMILES string of the molecule is O=C(C1CCCO1)N1C[C@@H](O)[C@@H](O)C1. The first kappa shape index (κ1) is 9.89. The van der Waals surface area contributed by atoms with Crippen LogP contribution in [0.5, 0.6) is 0 Å². The van der Waals surface area contributed by atoms with E-state index in [-0.39, 0.29) is 25.1 Å². The van der Waals surface area contributed by atoms with Gasteiger partial charge in [0.2, 0.25) is 0 Å². The van der Waals surface area contributed by atoms with Crippen LogP contribution in [-0.2, 0) is 9.53 Å². The van der Waals surface area contributed by atoms with Gasteiger partial charge in [-0.05, 0) is 12.8 Å². The summed E-state index contributed by atoms with van der Waals surface area (Å²) in [6.45, 7) is 1.08. The number of aliphatic hydroxyl groups is 2. The predicted octanol–water partition coefficient (Wildman–Crippen LogP) is -1.27. The van der Waals surface area contributed by atoms with Crippen LogP contribution in [0.3, 0.4) is 0 Å². The van der Waals surface area contributed by atoms with Crippen molar-refractivity contribution in [3.05, 3.63) is 0 Å². The summed E-state index contributed by atoms with van der Waals surface area (Å²) in [4.78, 5) is 13.2. The molecule has 1 amide bonds. The fraction of sp³-hybridized carbons (Fsp3) is 0.889. The standard InChI is InChI=1S/C9H15NO4/c11-6-4-10(5-7(6)12)9(13)8-2-1-3-14-8/h6-8,11-12H,1-5H2/t6-,7+,8?.